The molecule has 1 aliphatic rings. The van der Waals surface area contributed by atoms with E-state index in [0.717, 1.165) is 0 Å². The first-order chi connectivity index (χ1) is 9.65. The van der Waals surface area contributed by atoms with Crippen LogP contribution in [-0.4, -0.2) is 51.0 Å². The quantitative estimate of drug-likeness (QED) is 0.708. The Hall–Kier alpha value is -1.79. The van der Waals surface area contributed by atoms with E-state index in [4.69, 9.17) is 9.47 Å². The first kappa shape index (κ1) is 14.6. The normalized spacial score (nSPS) is 21.6. The Morgan fingerprint density at radius 2 is 2.20 bits per heavy atom. The largest absolute Gasteiger partial charge is 0.497 e. The molecule has 2 atom stereocenters. The highest BCUT2D eigenvalue weighted by Crippen LogP contribution is 2.24. The summed E-state index contributed by atoms with van der Waals surface area (Å²) in [5.41, 5.74) is 0.453. The van der Waals surface area contributed by atoms with Gasteiger partial charge in [0, 0.05) is 31.6 Å². The fraction of sp³-hybridized carbons (Fsp3) is 0.500. The smallest absolute Gasteiger partial charge is 0.255 e. The van der Waals surface area contributed by atoms with E-state index in [0.29, 0.717) is 36.7 Å². The Kier molecular flexibility index (Phi) is 4.81. The van der Waals surface area contributed by atoms with Gasteiger partial charge in [-0.25, -0.2) is 0 Å². The Bertz CT molecular complexity index is 478. The van der Waals surface area contributed by atoms with E-state index in [1.165, 1.54) is 7.11 Å². The molecule has 1 aliphatic heterocycles. The average molecular weight is 280 g/mol. The lowest BCUT2D eigenvalue weighted by molar-refractivity contribution is 0.0924. The fourth-order valence-corrected chi connectivity index (χ4v) is 2.23. The molecule has 1 fully saturated rings. The summed E-state index contributed by atoms with van der Waals surface area (Å²) in [6.07, 6.45) is -0.409. The fourth-order valence-electron chi connectivity index (χ4n) is 2.23. The molecule has 0 bridgehead atoms. The van der Waals surface area contributed by atoms with Crippen LogP contribution in [0.25, 0.3) is 0 Å². The number of aliphatic hydroxyl groups is 1. The molecule has 110 valence electrons. The van der Waals surface area contributed by atoms with Gasteiger partial charge >= 0.3 is 0 Å². The zero-order valence-corrected chi connectivity index (χ0v) is 11.7. The number of nitrogens with one attached hydrogen (secondary N) is 2. The second-order valence-corrected chi connectivity index (χ2v) is 4.76. The Labute approximate surface area is 118 Å². The summed E-state index contributed by atoms with van der Waals surface area (Å²) in [7, 11) is 3.07. The summed E-state index contributed by atoms with van der Waals surface area (Å²) in [5.74, 6) is 0.924. The Morgan fingerprint density at radius 3 is 2.80 bits per heavy atom. The predicted octanol–water partition coefficient (Wildman–Crippen LogP) is 0.0139. The maximum atomic E-state index is 12.2. The third kappa shape index (κ3) is 3.20. The molecule has 1 aromatic carbocycles. The number of rotatable bonds is 5. The lowest BCUT2D eigenvalue weighted by atomic mass is 10.1. The minimum absolute atomic E-state index is 0.0446. The third-order valence-corrected chi connectivity index (χ3v) is 3.48. The van der Waals surface area contributed by atoms with Crippen LogP contribution in [0.1, 0.15) is 10.4 Å². The molecule has 1 saturated heterocycles. The molecule has 6 nitrogen and oxygen atoms in total. The lowest BCUT2D eigenvalue weighted by Gasteiger charge is -2.15. The van der Waals surface area contributed by atoms with E-state index in [1.54, 1.807) is 25.3 Å². The van der Waals surface area contributed by atoms with Crippen LogP contribution in [0.5, 0.6) is 11.5 Å². The number of aliphatic hydroxyl groups excluding tert-OH is 1. The molecule has 0 aromatic heterocycles. The first-order valence-electron chi connectivity index (χ1n) is 6.54. The van der Waals surface area contributed by atoms with E-state index < -0.39 is 6.10 Å². The van der Waals surface area contributed by atoms with E-state index in [9.17, 15) is 9.90 Å². The van der Waals surface area contributed by atoms with Crippen molar-refractivity contribution >= 4 is 5.91 Å². The zero-order chi connectivity index (χ0) is 14.5. The number of carbonyl (C=O) groups is 1. The molecule has 20 heavy (non-hydrogen) atoms. The van der Waals surface area contributed by atoms with Crippen molar-refractivity contribution in [1.29, 1.82) is 0 Å². The number of hydrogen-bond acceptors (Lipinski definition) is 5. The molecule has 2 rings (SSSR count). The van der Waals surface area contributed by atoms with Crippen LogP contribution in [0.2, 0.25) is 0 Å². The molecule has 0 saturated carbocycles. The standard InChI is InChI=1S/C14H20N2O4/c1-19-10-3-4-11(13(5-10)20-2)14(18)16-7-9-6-15-8-12(9)17/h3-5,9,12,15,17H,6-8H2,1-2H3,(H,16,18). The number of β-amino-alcohol motifs (C(OH)–C–C–N with tert-alkyl or cyclic N) is 1. The summed E-state index contributed by atoms with van der Waals surface area (Å²) in [6, 6.07) is 5.04. The van der Waals surface area contributed by atoms with Gasteiger partial charge in [0.05, 0.1) is 25.9 Å². The van der Waals surface area contributed by atoms with Crippen molar-refractivity contribution in [2.24, 2.45) is 5.92 Å². The van der Waals surface area contributed by atoms with Crippen LogP contribution in [0.15, 0.2) is 18.2 Å². The summed E-state index contributed by atoms with van der Waals surface area (Å²) in [5, 5.41) is 15.6. The van der Waals surface area contributed by atoms with E-state index in [1.807, 2.05) is 0 Å². The molecule has 3 N–H and O–H groups in total. The van der Waals surface area contributed by atoms with Gasteiger partial charge in [-0.3, -0.25) is 4.79 Å². The molecule has 0 aliphatic carbocycles. The molecular formula is C14H20N2O4. The van der Waals surface area contributed by atoms with Gasteiger partial charge in [0.25, 0.3) is 5.91 Å². The molecule has 1 heterocycles. The highest BCUT2D eigenvalue weighted by Gasteiger charge is 2.25. The number of amides is 1. The highest BCUT2D eigenvalue weighted by atomic mass is 16.5. The third-order valence-electron chi connectivity index (χ3n) is 3.48. The minimum Gasteiger partial charge on any atom is -0.497 e. The maximum absolute atomic E-state index is 12.2. The number of benzene rings is 1. The summed E-state index contributed by atoms with van der Waals surface area (Å²) in [6.45, 7) is 1.72. The van der Waals surface area contributed by atoms with Gasteiger partial charge in [-0.1, -0.05) is 0 Å². The van der Waals surface area contributed by atoms with Crippen LogP contribution in [-0.2, 0) is 0 Å². The van der Waals surface area contributed by atoms with Gasteiger partial charge in [-0.2, -0.15) is 0 Å². The second kappa shape index (κ2) is 6.58. The van der Waals surface area contributed by atoms with Gasteiger partial charge in [0.15, 0.2) is 0 Å². The number of hydrogen-bond donors (Lipinski definition) is 3. The van der Waals surface area contributed by atoms with E-state index in [-0.39, 0.29) is 11.8 Å². The molecule has 1 aromatic rings. The van der Waals surface area contributed by atoms with E-state index >= 15 is 0 Å². The zero-order valence-electron chi connectivity index (χ0n) is 11.7. The molecule has 1 amide bonds. The summed E-state index contributed by atoms with van der Waals surface area (Å²) >= 11 is 0. The second-order valence-electron chi connectivity index (χ2n) is 4.76. The minimum atomic E-state index is -0.409. The van der Waals surface area contributed by atoms with Crippen molar-refractivity contribution in [3.05, 3.63) is 23.8 Å². The highest BCUT2D eigenvalue weighted by molar-refractivity contribution is 5.97. The summed E-state index contributed by atoms with van der Waals surface area (Å²) < 4.78 is 10.3. The molecular weight excluding hydrogens is 260 g/mol. The summed E-state index contributed by atoms with van der Waals surface area (Å²) in [4.78, 5) is 12.2. The molecule has 0 spiro atoms. The van der Waals surface area contributed by atoms with Crippen molar-refractivity contribution in [1.82, 2.24) is 10.6 Å². The Morgan fingerprint density at radius 1 is 1.40 bits per heavy atom. The number of ether oxygens (including phenoxy) is 2. The van der Waals surface area contributed by atoms with Crippen LogP contribution in [0.3, 0.4) is 0 Å². The van der Waals surface area contributed by atoms with Crippen molar-refractivity contribution in [2.45, 2.75) is 6.10 Å². The van der Waals surface area contributed by atoms with Gasteiger partial charge in [0.1, 0.15) is 11.5 Å². The SMILES string of the molecule is COc1ccc(C(=O)NCC2CNCC2O)c(OC)c1. The first-order valence-corrected chi connectivity index (χ1v) is 6.54. The monoisotopic (exact) mass is 280 g/mol. The van der Waals surface area contributed by atoms with Crippen LogP contribution >= 0.6 is 0 Å². The van der Waals surface area contributed by atoms with Crippen molar-refractivity contribution in [3.8, 4) is 11.5 Å². The molecule has 0 radical (unpaired) electrons. The molecule has 6 heteroatoms. The Balaban J connectivity index is 2.01. The van der Waals surface area contributed by atoms with Crippen molar-refractivity contribution in [3.63, 3.8) is 0 Å². The van der Waals surface area contributed by atoms with Crippen molar-refractivity contribution < 1.29 is 19.4 Å². The van der Waals surface area contributed by atoms with Gasteiger partial charge < -0.3 is 25.2 Å². The van der Waals surface area contributed by atoms with Gasteiger partial charge in [0.2, 0.25) is 0 Å². The number of carbonyl (C=O) groups excluding carboxylic acids is 1. The molecule has 2 unspecified atom stereocenters. The van der Waals surface area contributed by atoms with Crippen molar-refractivity contribution in [2.75, 3.05) is 33.9 Å². The predicted molar refractivity (Wildman–Crippen MR) is 74.2 cm³/mol. The average Bonchev–Trinajstić information content (AvgIpc) is 2.89. The van der Waals surface area contributed by atoms with Gasteiger partial charge in [-0.05, 0) is 12.1 Å². The lowest BCUT2D eigenvalue weighted by Crippen LogP contribution is -2.34. The maximum Gasteiger partial charge on any atom is 0.255 e. The van der Waals surface area contributed by atoms with Crippen LogP contribution in [0, 0.1) is 5.92 Å². The van der Waals surface area contributed by atoms with E-state index in [2.05, 4.69) is 10.6 Å². The van der Waals surface area contributed by atoms with Crippen LogP contribution in [0.4, 0.5) is 0 Å². The topological polar surface area (TPSA) is 79.8 Å². The van der Waals surface area contributed by atoms with Gasteiger partial charge in [-0.15, -0.1) is 0 Å². The number of methoxy groups -OCH3 is 2. The van der Waals surface area contributed by atoms with Crippen LogP contribution < -0.4 is 20.1 Å².